The third-order valence-electron chi connectivity index (χ3n) is 5.12. The normalized spacial score (nSPS) is 19.9. The number of aryl methyl sites for hydroxylation is 1. The van der Waals surface area contributed by atoms with Gasteiger partial charge in [0.2, 0.25) is 0 Å². The van der Waals surface area contributed by atoms with Crippen LogP contribution in [-0.2, 0) is 17.1 Å². The van der Waals surface area contributed by atoms with Crippen LogP contribution >= 0.6 is 11.6 Å². The van der Waals surface area contributed by atoms with Gasteiger partial charge in [0, 0.05) is 44.0 Å². The zero-order valence-electron chi connectivity index (χ0n) is 16.0. The summed E-state index contributed by atoms with van der Waals surface area (Å²) in [7, 11) is -2.15. The Bertz CT molecular complexity index is 1190. The predicted octanol–water partition coefficient (Wildman–Crippen LogP) is 3.62. The zero-order chi connectivity index (χ0) is 21.5. The summed E-state index contributed by atoms with van der Waals surface area (Å²) >= 11 is 5.75. The van der Waals surface area contributed by atoms with Crippen LogP contribution in [0.4, 0.5) is 14.5 Å². The molecular weight excluding hydrogens is 434 g/mol. The number of rotatable bonds is 5. The number of aromatic nitrogens is 2. The molecule has 2 aromatic carbocycles. The van der Waals surface area contributed by atoms with E-state index in [2.05, 4.69) is 10.3 Å². The Morgan fingerprint density at radius 3 is 2.63 bits per heavy atom. The standard InChI is InChI=1S/C20H19ClF2N4O2S/c1-26-11-20(24-12-26)30(28,29)27-9-16(13-3-2-4-14(22)7-13)19(10-27)25-15-5-6-17(21)18(23)8-15/h2-8,11-12,16,19,25H,9-10H2,1H3/t16-,19+/m1/s1. The molecule has 4 rings (SSSR count). The fourth-order valence-electron chi connectivity index (χ4n) is 3.64. The maximum atomic E-state index is 13.9. The van der Waals surface area contributed by atoms with E-state index in [9.17, 15) is 17.2 Å². The molecule has 0 amide bonds. The molecule has 10 heteroatoms. The first-order valence-electron chi connectivity index (χ1n) is 9.19. The molecule has 1 N–H and O–H groups in total. The van der Waals surface area contributed by atoms with Crippen molar-refractivity contribution in [3.63, 3.8) is 0 Å². The number of hydrogen-bond acceptors (Lipinski definition) is 4. The Morgan fingerprint density at radius 1 is 1.17 bits per heavy atom. The second-order valence-corrected chi connectivity index (χ2v) is 9.53. The van der Waals surface area contributed by atoms with Gasteiger partial charge in [0.05, 0.1) is 11.3 Å². The number of nitrogens with zero attached hydrogens (tertiary/aromatic N) is 3. The molecule has 1 aromatic heterocycles. The van der Waals surface area contributed by atoms with Gasteiger partial charge >= 0.3 is 0 Å². The summed E-state index contributed by atoms with van der Waals surface area (Å²) in [6, 6.07) is 9.93. The molecule has 2 heterocycles. The number of nitrogens with one attached hydrogen (secondary N) is 1. The topological polar surface area (TPSA) is 67.2 Å². The van der Waals surface area contributed by atoms with Gasteiger partial charge in [0.15, 0.2) is 5.03 Å². The van der Waals surface area contributed by atoms with Crippen molar-refractivity contribution < 1.29 is 17.2 Å². The lowest BCUT2D eigenvalue weighted by Crippen LogP contribution is -2.32. The maximum absolute atomic E-state index is 13.9. The molecule has 1 saturated heterocycles. The number of imidazole rings is 1. The van der Waals surface area contributed by atoms with Crippen LogP contribution in [0.3, 0.4) is 0 Å². The van der Waals surface area contributed by atoms with Crippen LogP contribution in [0.2, 0.25) is 5.02 Å². The van der Waals surface area contributed by atoms with Crippen LogP contribution in [-0.4, -0.2) is 41.4 Å². The smallest absolute Gasteiger partial charge is 0.262 e. The summed E-state index contributed by atoms with van der Waals surface area (Å²) in [5.41, 5.74) is 1.11. The van der Waals surface area contributed by atoms with Gasteiger partial charge in [-0.15, -0.1) is 0 Å². The van der Waals surface area contributed by atoms with Gasteiger partial charge in [0.25, 0.3) is 10.0 Å². The summed E-state index contributed by atoms with van der Waals surface area (Å²) in [4.78, 5) is 3.96. The number of anilines is 1. The van der Waals surface area contributed by atoms with E-state index in [1.807, 2.05) is 0 Å². The second-order valence-electron chi connectivity index (χ2n) is 7.24. The number of hydrogen-bond donors (Lipinski definition) is 1. The van der Waals surface area contributed by atoms with E-state index in [0.717, 1.165) is 0 Å². The van der Waals surface area contributed by atoms with Crippen molar-refractivity contribution in [2.45, 2.75) is 17.0 Å². The number of halogens is 3. The molecule has 0 aliphatic carbocycles. The molecule has 1 aliphatic rings. The third-order valence-corrected chi connectivity index (χ3v) is 7.14. The van der Waals surface area contributed by atoms with Crippen molar-refractivity contribution in [3.8, 4) is 0 Å². The van der Waals surface area contributed by atoms with Gasteiger partial charge in [-0.1, -0.05) is 23.7 Å². The molecule has 1 fully saturated rings. The first-order chi connectivity index (χ1) is 14.2. The van der Waals surface area contributed by atoms with Gasteiger partial charge in [-0.2, -0.15) is 4.31 Å². The molecule has 1 aliphatic heterocycles. The lowest BCUT2D eigenvalue weighted by Gasteiger charge is -2.21. The van der Waals surface area contributed by atoms with Gasteiger partial charge in [-0.3, -0.25) is 0 Å². The van der Waals surface area contributed by atoms with Gasteiger partial charge in [-0.25, -0.2) is 22.2 Å². The molecule has 3 aromatic rings. The highest BCUT2D eigenvalue weighted by Crippen LogP contribution is 2.34. The molecule has 30 heavy (non-hydrogen) atoms. The van der Waals surface area contributed by atoms with E-state index in [1.54, 1.807) is 29.8 Å². The van der Waals surface area contributed by atoms with Crippen molar-refractivity contribution in [1.82, 2.24) is 13.9 Å². The first-order valence-corrected chi connectivity index (χ1v) is 11.0. The van der Waals surface area contributed by atoms with E-state index in [-0.39, 0.29) is 29.1 Å². The molecular formula is C20H19ClF2N4O2S. The lowest BCUT2D eigenvalue weighted by atomic mass is 9.94. The summed E-state index contributed by atoms with van der Waals surface area (Å²) in [6.07, 6.45) is 2.85. The van der Waals surface area contributed by atoms with Crippen LogP contribution in [0, 0.1) is 11.6 Å². The zero-order valence-corrected chi connectivity index (χ0v) is 17.5. The molecule has 0 unspecified atom stereocenters. The molecule has 2 atom stereocenters. The van der Waals surface area contributed by atoms with E-state index < -0.39 is 27.7 Å². The minimum Gasteiger partial charge on any atom is -0.380 e. The van der Waals surface area contributed by atoms with Crippen molar-refractivity contribution >= 4 is 27.3 Å². The Morgan fingerprint density at radius 2 is 1.97 bits per heavy atom. The molecule has 0 spiro atoms. The van der Waals surface area contributed by atoms with E-state index in [1.165, 1.54) is 41.1 Å². The summed E-state index contributed by atoms with van der Waals surface area (Å²) < 4.78 is 56.7. The Balaban J connectivity index is 1.67. The molecule has 158 valence electrons. The van der Waals surface area contributed by atoms with Crippen molar-refractivity contribution in [2.75, 3.05) is 18.4 Å². The maximum Gasteiger partial charge on any atom is 0.262 e. The second kappa shape index (κ2) is 7.98. The molecule has 0 bridgehead atoms. The summed E-state index contributed by atoms with van der Waals surface area (Å²) in [5.74, 6) is -1.34. The van der Waals surface area contributed by atoms with Gasteiger partial charge < -0.3 is 9.88 Å². The molecule has 0 saturated carbocycles. The van der Waals surface area contributed by atoms with E-state index in [4.69, 9.17) is 11.6 Å². The van der Waals surface area contributed by atoms with Crippen LogP contribution < -0.4 is 5.32 Å². The summed E-state index contributed by atoms with van der Waals surface area (Å²) in [5, 5.41) is 3.12. The monoisotopic (exact) mass is 452 g/mol. The minimum absolute atomic E-state index is 0.00647. The average Bonchev–Trinajstić information content (AvgIpc) is 3.32. The number of sulfonamides is 1. The highest BCUT2D eigenvalue weighted by Gasteiger charge is 2.41. The third kappa shape index (κ3) is 4.05. The van der Waals surface area contributed by atoms with Crippen LogP contribution in [0.1, 0.15) is 11.5 Å². The molecule has 0 radical (unpaired) electrons. The van der Waals surface area contributed by atoms with Crippen molar-refractivity contribution in [3.05, 3.63) is 77.2 Å². The van der Waals surface area contributed by atoms with Crippen LogP contribution in [0.5, 0.6) is 0 Å². The van der Waals surface area contributed by atoms with Gasteiger partial charge in [-0.05, 0) is 35.9 Å². The van der Waals surface area contributed by atoms with Gasteiger partial charge in [0.1, 0.15) is 11.6 Å². The average molecular weight is 453 g/mol. The minimum atomic E-state index is -3.84. The largest absolute Gasteiger partial charge is 0.380 e. The van der Waals surface area contributed by atoms with E-state index >= 15 is 0 Å². The SMILES string of the molecule is Cn1cnc(S(=O)(=O)N2C[C@H](Nc3ccc(Cl)c(F)c3)[C@@H](c3cccc(F)c3)C2)c1. The highest BCUT2D eigenvalue weighted by atomic mass is 35.5. The fourth-order valence-corrected chi connectivity index (χ4v) is 5.22. The Kier molecular flexibility index (Phi) is 5.52. The van der Waals surface area contributed by atoms with E-state index in [0.29, 0.717) is 11.3 Å². The fraction of sp³-hybridized carbons (Fsp3) is 0.250. The molecule has 6 nitrogen and oxygen atoms in total. The highest BCUT2D eigenvalue weighted by molar-refractivity contribution is 7.89. The first kappa shape index (κ1) is 20.8. The predicted molar refractivity (Wildman–Crippen MR) is 110 cm³/mol. The number of benzene rings is 2. The Hall–Kier alpha value is -2.49. The van der Waals surface area contributed by atoms with Crippen molar-refractivity contribution in [1.29, 1.82) is 0 Å². The summed E-state index contributed by atoms with van der Waals surface area (Å²) in [6.45, 7) is 0.250. The van der Waals surface area contributed by atoms with Crippen LogP contribution in [0.25, 0.3) is 0 Å². The lowest BCUT2D eigenvalue weighted by molar-refractivity contribution is 0.468. The quantitative estimate of drug-likeness (QED) is 0.642. The van der Waals surface area contributed by atoms with Crippen molar-refractivity contribution in [2.24, 2.45) is 7.05 Å². The Labute approximate surface area is 178 Å². The van der Waals surface area contributed by atoms with Crippen LogP contribution in [0.15, 0.2) is 60.0 Å².